The zero-order valence-corrected chi connectivity index (χ0v) is 15.4. The first kappa shape index (κ1) is 18.3. The maximum atomic E-state index is 5.17. The average molecular weight is 311 g/mol. The van der Waals surface area contributed by atoms with Crippen LogP contribution in [0.4, 0.5) is 0 Å². The molecule has 22 heavy (non-hydrogen) atoms. The van der Waals surface area contributed by atoms with E-state index in [9.17, 15) is 0 Å². The molecule has 0 aromatic carbocycles. The highest BCUT2D eigenvalue weighted by Crippen LogP contribution is 2.40. The van der Waals surface area contributed by atoms with E-state index in [2.05, 4.69) is 20.8 Å². The van der Waals surface area contributed by atoms with Gasteiger partial charge in [0.1, 0.15) is 0 Å². The van der Waals surface area contributed by atoms with Gasteiger partial charge < -0.3 is 9.47 Å². The van der Waals surface area contributed by atoms with Gasteiger partial charge in [-0.15, -0.1) is 0 Å². The zero-order valence-electron chi connectivity index (χ0n) is 15.4. The van der Waals surface area contributed by atoms with E-state index in [-0.39, 0.29) is 6.29 Å². The van der Waals surface area contributed by atoms with E-state index in [1.165, 1.54) is 25.7 Å². The van der Waals surface area contributed by atoms with Gasteiger partial charge in [-0.1, -0.05) is 46.5 Å². The van der Waals surface area contributed by atoms with Crippen molar-refractivity contribution in [3.63, 3.8) is 0 Å². The van der Waals surface area contributed by atoms with Crippen molar-refractivity contribution in [2.24, 2.45) is 29.6 Å². The smallest absolute Gasteiger partial charge is 0.154 e. The predicted octanol–water partition coefficient (Wildman–Crippen LogP) is 5.65. The molecule has 0 amide bonds. The highest BCUT2D eigenvalue weighted by molar-refractivity contribution is 4.80. The summed E-state index contributed by atoms with van der Waals surface area (Å²) in [6.07, 6.45) is 12.2. The number of hydrogen-bond acceptors (Lipinski definition) is 2. The molecule has 2 heteroatoms. The molecule has 0 atom stereocenters. The average Bonchev–Trinajstić information content (AvgIpc) is 2.53. The molecule has 130 valence electrons. The first-order valence-electron chi connectivity index (χ1n) is 9.77. The SMILES string of the molecule is CC1CCC(C2CCC(C)CC2)CC1.CC1COC(C)OC1. The topological polar surface area (TPSA) is 18.5 Å². The summed E-state index contributed by atoms with van der Waals surface area (Å²) in [6.45, 7) is 10.6. The van der Waals surface area contributed by atoms with Gasteiger partial charge in [-0.2, -0.15) is 0 Å². The molecule has 1 saturated heterocycles. The summed E-state index contributed by atoms with van der Waals surface area (Å²) in [5.74, 6) is 4.84. The molecule has 0 N–H and O–H groups in total. The van der Waals surface area contributed by atoms with Crippen LogP contribution in [0.2, 0.25) is 0 Å². The molecule has 3 fully saturated rings. The van der Waals surface area contributed by atoms with Gasteiger partial charge in [0.2, 0.25) is 0 Å². The maximum Gasteiger partial charge on any atom is 0.154 e. The van der Waals surface area contributed by atoms with E-state index < -0.39 is 0 Å². The van der Waals surface area contributed by atoms with Gasteiger partial charge in [0.05, 0.1) is 13.2 Å². The molecule has 2 saturated carbocycles. The van der Waals surface area contributed by atoms with Gasteiger partial charge in [0.15, 0.2) is 6.29 Å². The lowest BCUT2D eigenvalue weighted by Crippen LogP contribution is -2.27. The van der Waals surface area contributed by atoms with Crippen LogP contribution in [0.25, 0.3) is 0 Å². The summed E-state index contributed by atoms with van der Waals surface area (Å²) < 4.78 is 10.3. The second-order valence-electron chi connectivity index (χ2n) is 8.38. The summed E-state index contributed by atoms with van der Waals surface area (Å²) in [5, 5.41) is 0. The fourth-order valence-electron chi connectivity index (χ4n) is 4.21. The summed E-state index contributed by atoms with van der Waals surface area (Å²) in [7, 11) is 0. The molecular weight excluding hydrogens is 272 g/mol. The quantitative estimate of drug-likeness (QED) is 0.622. The van der Waals surface area contributed by atoms with Gasteiger partial charge in [-0.05, 0) is 56.3 Å². The zero-order chi connectivity index (χ0) is 15.9. The minimum absolute atomic E-state index is 0.0196. The fraction of sp³-hybridized carbons (Fsp3) is 1.00. The van der Waals surface area contributed by atoms with Crippen molar-refractivity contribution < 1.29 is 9.47 Å². The molecule has 0 unspecified atom stereocenters. The Bertz CT molecular complexity index is 250. The third-order valence-corrected chi connectivity index (χ3v) is 6.02. The summed E-state index contributed by atoms with van der Waals surface area (Å²) in [5.41, 5.74) is 0. The lowest BCUT2D eigenvalue weighted by molar-refractivity contribution is -0.187. The van der Waals surface area contributed by atoms with Gasteiger partial charge in [0.25, 0.3) is 0 Å². The largest absolute Gasteiger partial charge is 0.353 e. The van der Waals surface area contributed by atoms with Crippen LogP contribution in [-0.2, 0) is 9.47 Å². The second-order valence-corrected chi connectivity index (χ2v) is 8.38. The Labute approximate surface area is 138 Å². The first-order chi connectivity index (χ1) is 10.5. The lowest BCUT2D eigenvalue weighted by atomic mass is 9.70. The highest BCUT2D eigenvalue weighted by Gasteiger charge is 2.28. The van der Waals surface area contributed by atoms with Crippen LogP contribution in [0.5, 0.6) is 0 Å². The maximum absolute atomic E-state index is 5.17. The van der Waals surface area contributed by atoms with Gasteiger partial charge in [0, 0.05) is 5.92 Å². The third-order valence-electron chi connectivity index (χ3n) is 6.02. The standard InChI is InChI=1S/C14H26.C6H12O2/c1-11-3-7-13(8-4-11)14-9-5-12(2)6-10-14;1-5-3-7-6(2)8-4-5/h11-14H,3-10H2,1-2H3;5-6H,3-4H2,1-2H3. The van der Waals surface area contributed by atoms with Crippen LogP contribution in [0.15, 0.2) is 0 Å². The predicted molar refractivity (Wildman–Crippen MR) is 92.8 cm³/mol. The van der Waals surface area contributed by atoms with Crippen molar-refractivity contribution in [2.45, 2.75) is 85.4 Å². The molecule has 2 nitrogen and oxygen atoms in total. The van der Waals surface area contributed by atoms with E-state index >= 15 is 0 Å². The molecule has 3 aliphatic rings. The minimum Gasteiger partial charge on any atom is -0.353 e. The summed E-state index contributed by atoms with van der Waals surface area (Å²) in [4.78, 5) is 0. The molecule has 3 rings (SSSR count). The highest BCUT2D eigenvalue weighted by atomic mass is 16.7. The molecule has 0 radical (unpaired) electrons. The molecule has 0 bridgehead atoms. The Kier molecular flexibility index (Phi) is 7.70. The Morgan fingerprint density at radius 3 is 1.18 bits per heavy atom. The van der Waals surface area contributed by atoms with E-state index in [0.29, 0.717) is 5.92 Å². The van der Waals surface area contributed by atoms with Crippen molar-refractivity contribution >= 4 is 0 Å². The van der Waals surface area contributed by atoms with Crippen molar-refractivity contribution in [1.29, 1.82) is 0 Å². The number of ether oxygens (including phenoxy) is 2. The first-order valence-corrected chi connectivity index (χ1v) is 9.77. The van der Waals surface area contributed by atoms with Crippen molar-refractivity contribution in [3.8, 4) is 0 Å². The minimum atomic E-state index is 0.0196. The number of hydrogen-bond donors (Lipinski definition) is 0. The van der Waals surface area contributed by atoms with Crippen LogP contribution in [0, 0.1) is 29.6 Å². The van der Waals surface area contributed by atoms with Crippen molar-refractivity contribution in [2.75, 3.05) is 13.2 Å². The second kappa shape index (κ2) is 9.27. The molecule has 0 aromatic heterocycles. The van der Waals surface area contributed by atoms with Crippen LogP contribution < -0.4 is 0 Å². The molecular formula is C20H38O2. The summed E-state index contributed by atoms with van der Waals surface area (Å²) >= 11 is 0. The number of rotatable bonds is 1. The Hall–Kier alpha value is -0.0800. The molecule has 1 heterocycles. The van der Waals surface area contributed by atoms with Gasteiger partial charge >= 0.3 is 0 Å². The van der Waals surface area contributed by atoms with E-state index in [1.54, 1.807) is 25.7 Å². The normalized spacial score (nSPS) is 43.1. The molecule has 1 aliphatic heterocycles. The van der Waals surface area contributed by atoms with Crippen molar-refractivity contribution in [1.82, 2.24) is 0 Å². The van der Waals surface area contributed by atoms with E-state index in [4.69, 9.17) is 9.47 Å². The van der Waals surface area contributed by atoms with Gasteiger partial charge in [-0.3, -0.25) is 0 Å². The van der Waals surface area contributed by atoms with E-state index in [1.807, 2.05) is 6.92 Å². The van der Waals surface area contributed by atoms with Crippen molar-refractivity contribution in [3.05, 3.63) is 0 Å². The van der Waals surface area contributed by atoms with Crippen LogP contribution in [0.1, 0.15) is 79.1 Å². The Morgan fingerprint density at radius 1 is 0.500 bits per heavy atom. The third kappa shape index (κ3) is 6.20. The Balaban J connectivity index is 0.000000188. The monoisotopic (exact) mass is 310 g/mol. The lowest BCUT2D eigenvalue weighted by Gasteiger charge is -2.36. The van der Waals surface area contributed by atoms with Crippen LogP contribution in [0.3, 0.4) is 0 Å². The molecule has 0 spiro atoms. The summed E-state index contributed by atoms with van der Waals surface area (Å²) in [6, 6.07) is 0. The molecule has 2 aliphatic carbocycles. The van der Waals surface area contributed by atoms with E-state index in [0.717, 1.165) is 36.9 Å². The fourth-order valence-corrected chi connectivity index (χ4v) is 4.21. The van der Waals surface area contributed by atoms with Gasteiger partial charge in [-0.25, -0.2) is 0 Å². The van der Waals surface area contributed by atoms with Crippen LogP contribution in [-0.4, -0.2) is 19.5 Å². The Morgan fingerprint density at radius 2 is 0.864 bits per heavy atom. The van der Waals surface area contributed by atoms with Crippen LogP contribution >= 0.6 is 0 Å². The molecule has 0 aromatic rings.